The maximum atomic E-state index is 13.6. The van der Waals surface area contributed by atoms with Crippen molar-refractivity contribution in [2.24, 2.45) is 0 Å². The van der Waals surface area contributed by atoms with E-state index >= 15 is 0 Å². The molecule has 1 aliphatic carbocycles. The molecule has 1 amide bonds. The van der Waals surface area contributed by atoms with Crippen LogP contribution in [0.3, 0.4) is 0 Å². The van der Waals surface area contributed by atoms with Gasteiger partial charge in [0.2, 0.25) is 0 Å². The maximum Gasteiger partial charge on any atom is 0.256 e. The van der Waals surface area contributed by atoms with Crippen LogP contribution in [0.2, 0.25) is 5.02 Å². The number of hydrogen-bond donors (Lipinski definition) is 1. The lowest BCUT2D eigenvalue weighted by Gasteiger charge is -2.23. The summed E-state index contributed by atoms with van der Waals surface area (Å²) >= 11 is 6.31. The van der Waals surface area contributed by atoms with Crippen LogP contribution in [0.15, 0.2) is 60.7 Å². The lowest BCUT2D eigenvalue weighted by Crippen LogP contribution is -2.19. The van der Waals surface area contributed by atoms with Gasteiger partial charge in [-0.05, 0) is 72.9 Å². The van der Waals surface area contributed by atoms with E-state index in [-0.39, 0.29) is 5.91 Å². The SMILES string of the molecule is COc1ccc(NC(=O)c2c3c(nc4ccc(Cl)cc24)-c2ccccc2CC3)c(C)c1. The molecular weight excluding hydrogens is 408 g/mol. The summed E-state index contributed by atoms with van der Waals surface area (Å²) in [6.45, 7) is 1.95. The first-order valence-corrected chi connectivity index (χ1v) is 10.6. The highest BCUT2D eigenvalue weighted by atomic mass is 35.5. The van der Waals surface area contributed by atoms with Crippen molar-refractivity contribution in [2.45, 2.75) is 19.8 Å². The molecule has 154 valence electrons. The Kier molecular flexibility index (Phi) is 4.87. The number of nitrogens with zero attached hydrogens (tertiary/aromatic N) is 1. The molecule has 0 bridgehead atoms. The number of fused-ring (bicyclic) bond motifs is 4. The van der Waals surface area contributed by atoms with Crippen molar-refractivity contribution >= 4 is 34.1 Å². The number of aromatic nitrogens is 1. The van der Waals surface area contributed by atoms with Gasteiger partial charge in [-0.25, -0.2) is 4.98 Å². The Balaban J connectivity index is 1.69. The van der Waals surface area contributed by atoms with Crippen LogP contribution in [-0.2, 0) is 12.8 Å². The third-order valence-corrected chi connectivity index (χ3v) is 6.11. The fraction of sp³-hybridized carbons (Fsp3) is 0.154. The van der Waals surface area contributed by atoms with Crippen molar-refractivity contribution in [1.29, 1.82) is 0 Å². The molecule has 5 rings (SSSR count). The zero-order valence-corrected chi connectivity index (χ0v) is 18.1. The minimum Gasteiger partial charge on any atom is -0.497 e. The van der Waals surface area contributed by atoms with E-state index in [0.717, 1.165) is 57.6 Å². The van der Waals surface area contributed by atoms with E-state index in [1.165, 1.54) is 5.56 Å². The lowest BCUT2D eigenvalue weighted by molar-refractivity contribution is 0.102. The predicted octanol–water partition coefficient (Wildman–Crippen LogP) is 6.22. The van der Waals surface area contributed by atoms with Gasteiger partial charge in [-0.15, -0.1) is 0 Å². The first-order chi connectivity index (χ1) is 15.0. The van der Waals surface area contributed by atoms with Crippen LogP contribution in [0, 0.1) is 6.92 Å². The van der Waals surface area contributed by atoms with Gasteiger partial charge in [0.15, 0.2) is 0 Å². The average Bonchev–Trinajstić information content (AvgIpc) is 2.78. The number of hydrogen-bond acceptors (Lipinski definition) is 3. The fourth-order valence-corrected chi connectivity index (χ4v) is 4.49. The molecule has 0 saturated carbocycles. The molecular formula is C26H21ClN2O2. The normalized spacial score (nSPS) is 12.2. The highest BCUT2D eigenvalue weighted by molar-refractivity contribution is 6.31. The molecule has 0 aliphatic heterocycles. The third-order valence-electron chi connectivity index (χ3n) is 5.87. The number of aryl methyl sites for hydroxylation is 2. The largest absolute Gasteiger partial charge is 0.497 e. The summed E-state index contributed by atoms with van der Waals surface area (Å²) in [5.41, 5.74) is 7.29. The van der Waals surface area contributed by atoms with Gasteiger partial charge in [0, 0.05) is 21.7 Å². The number of pyridine rings is 1. The molecule has 1 aliphatic rings. The van der Waals surface area contributed by atoms with Crippen molar-refractivity contribution in [3.8, 4) is 17.0 Å². The van der Waals surface area contributed by atoms with E-state index in [1.54, 1.807) is 7.11 Å². The molecule has 0 fully saturated rings. The van der Waals surface area contributed by atoms with Gasteiger partial charge >= 0.3 is 0 Å². The zero-order valence-electron chi connectivity index (χ0n) is 17.3. The number of nitrogens with one attached hydrogen (secondary N) is 1. The topological polar surface area (TPSA) is 51.2 Å². The Labute approximate surface area is 185 Å². The number of ether oxygens (including phenoxy) is 1. The van der Waals surface area contributed by atoms with E-state index in [1.807, 2.05) is 55.5 Å². The van der Waals surface area contributed by atoms with Gasteiger partial charge in [-0.1, -0.05) is 35.9 Å². The first-order valence-electron chi connectivity index (χ1n) is 10.2. The Morgan fingerprint density at radius 2 is 1.90 bits per heavy atom. The van der Waals surface area contributed by atoms with Crippen LogP contribution >= 0.6 is 11.6 Å². The summed E-state index contributed by atoms with van der Waals surface area (Å²) in [5.74, 6) is 0.601. The summed E-state index contributed by atoms with van der Waals surface area (Å²) in [6, 6.07) is 19.4. The van der Waals surface area contributed by atoms with Crippen LogP contribution in [0.25, 0.3) is 22.2 Å². The molecule has 4 aromatic rings. The van der Waals surface area contributed by atoms with Crippen LogP contribution in [0.4, 0.5) is 5.69 Å². The molecule has 31 heavy (non-hydrogen) atoms. The molecule has 5 heteroatoms. The molecule has 3 aromatic carbocycles. The number of halogens is 1. The summed E-state index contributed by atoms with van der Waals surface area (Å²) in [6.07, 6.45) is 1.63. The number of carbonyl (C=O) groups excluding carboxylic acids is 1. The Bertz CT molecular complexity index is 1350. The lowest BCUT2D eigenvalue weighted by atomic mass is 9.85. The molecule has 4 nitrogen and oxygen atoms in total. The quantitative estimate of drug-likeness (QED) is 0.421. The second-order valence-corrected chi connectivity index (χ2v) is 8.20. The number of carbonyl (C=O) groups is 1. The molecule has 0 atom stereocenters. The van der Waals surface area contributed by atoms with Crippen molar-refractivity contribution in [2.75, 3.05) is 12.4 Å². The van der Waals surface area contributed by atoms with Crippen LogP contribution in [0.1, 0.15) is 27.0 Å². The predicted molar refractivity (Wildman–Crippen MR) is 125 cm³/mol. The van der Waals surface area contributed by atoms with E-state index in [2.05, 4.69) is 17.4 Å². The van der Waals surface area contributed by atoms with Crippen LogP contribution < -0.4 is 10.1 Å². The van der Waals surface area contributed by atoms with Gasteiger partial charge in [-0.2, -0.15) is 0 Å². The second kappa shape index (κ2) is 7.71. The summed E-state index contributed by atoms with van der Waals surface area (Å²) in [7, 11) is 1.63. The van der Waals surface area contributed by atoms with E-state index in [9.17, 15) is 4.79 Å². The Morgan fingerprint density at radius 3 is 2.71 bits per heavy atom. The van der Waals surface area contributed by atoms with Gasteiger partial charge in [0.05, 0.1) is 23.9 Å². The molecule has 1 N–H and O–H groups in total. The van der Waals surface area contributed by atoms with Crippen molar-refractivity contribution in [1.82, 2.24) is 4.98 Å². The van der Waals surface area contributed by atoms with Crippen LogP contribution in [0.5, 0.6) is 5.75 Å². The monoisotopic (exact) mass is 428 g/mol. The van der Waals surface area contributed by atoms with E-state index < -0.39 is 0 Å². The number of benzene rings is 3. The van der Waals surface area contributed by atoms with Crippen molar-refractivity contribution in [3.05, 3.63) is 87.9 Å². The minimum absolute atomic E-state index is 0.154. The maximum absolute atomic E-state index is 13.6. The minimum atomic E-state index is -0.154. The standard InChI is InChI=1S/C26H21ClN2O2/c1-15-13-18(31-2)9-12-22(15)29-26(30)24-20-10-7-16-5-3-4-6-19(16)25(20)28-23-11-8-17(27)14-21(23)24/h3-6,8-9,11-14H,7,10H2,1-2H3,(H,29,30). The smallest absolute Gasteiger partial charge is 0.256 e. The van der Waals surface area contributed by atoms with E-state index in [4.69, 9.17) is 21.3 Å². The van der Waals surface area contributed by atoms with Crippen molar-refractivity contribution in [3.63, 3.8) is 0 Å². The number of rotatable bonds is 3. The molecule has 0 unspecified atom stereocenters. The summed E-state index contributed by atoms with van der Waals surface area (Å²) < 4.78 is 5.28. The fourth-order valence-electron chi connectivity index (χ4n) is 4.32. The number of anilines is 1. The average molecular weight is 429 g/mol. The van der Waals surface area contributed by atoms with Gasteiger partial charge in [0.25, 0.3) is 5.91 Å². The highest BCUT2D eigenvalue weighted by Crippen LogP contribution is 2.38. The third kappa shape index (κ3) is 3.43. The Morgan fingerprint density at radius 1 is 1.06 bits per heavy atom. The van der Waals surface area contributed by atoms with Crippen LogP contribution in [-0.4, -0.2) is 18.0 Å². The van der Waals surface area contributed by atoms with Gasteiger partial charge in [-0.3, -0.25) is 4.79 Å². The highest BCUT2D eigenvalue weighted by Gasteiger charge is 2.26. The summed E-state index contributed by atoms with van der Waals surface area (Å²) in [4.78, 5) is 18.6. The molecule has 1 heterocycles. The zero-order chi connectivity index (χ0) is 21.5. The number of amides is 1. The molecule has 0 saturated heterocycles. The molecule has 0 spiro atoms. The number of methoxy groups -OCH3 is 1. The molecule has 1 aromatic heterocycles. The van der Waals surface area contributed by atoms with E-state index in [0.29, 0.717) is 10.6 Å². The molecule has 0 radical (unpaired) electrons. The second-order valence-electron chi connectivity index (χ2n) is 7.77. The first kappa shape index (κ1) is 19.6. The van der Waals surface area contributed by atoms with Crippen molar-refractivity contribution < 1.29 is 9.53 Å². The van der Waals surface area contributed by atoms with Gasteiger partial charge < -0.3 is 10.1 Å². The van der Waals surface area contributed by atoms with Gasteiger partial charge in [0.1, 0.15) is 5.75 Å². The summed E-state index contributed by atoms with van der Waals surface area (Å²) in [5, 5.41) is 4.45. The Hall–Kier alpha value is -3.37.